The Morgan fingerprint density at radius 1 is 1.33 bits per heavy atom. The minimum absolute atomic E-state index is 0.773. The molecule has 0 spiro atoms. The standard InChI is InChI=1S/C3H5IN2/c1-4-2-5-6-3-4/h2-3H,1H3. The molecular weight excluding hydrogens is 191 g/mol. The van der Waals surface area contributed by atoms with E-state index in [0.29, 0.717) is 0 Å². The molecule has 0 amide bonds. The van der Waals surface area contributed by atoms with Crippen molar-refractivity contribution in [1.29, 1.82) is 0 Å². The van der Waals surface area contributed by atoms with Gasteiger partial charge in [0.05, 0.1) is 0 Å². The molecule has 0 aliphatic carbocycles. The second kappa shape index (κ2) is 1.68. The van der Waals surface area contributed by atoms with E-state index in [1.165, 1.54) is 0 Å². The van der Waals surface area contributed by atoms with Crippen molar-refractivity contribution in [3.63, 3.8) is 0 Å². The Balaban J connectivity index is 2.60. The van der Waals surface area contributed by atoms with Gasteiger partial charge in [0.25, 0.3) is 0 Å². The predicted molar refractivity (Wildman–Crippen MR) is 36.9 cm³/mol. The predicted octanol–water partition coefficient (Wildman–Crippen LogP) is 1.11. The molecule has 0 fully saturated rings. The van der Waals surface area contributed by atoms with Gasteiger partial charge in [0.2, 0.25) is 0 Å². The Morgan fingerprint density at radius 2 is 1.83 bits per heavy atom. The normalized spacial score (nSPS) is 23.2. The molecule has 1 heterocycles. The van der Waals surface area contributed by atoms with Crippen molar-refractivity contribution in [3.8, 4) is 0 Å². The summed E-state index contributed by atoms with van der Waals surface area (Å²) >= 11 is -0.773. The molecule has 1 rings (SSSR count). The molecule has 6 heavy (non-hydrogen) atoms. The first-order valence-electron chi connectivity index (χ1n) is 1.53. The molecule has 0 atom stereocenters. The number of halogens is 1. The van der Waals surface area contributed by atoms with Crippen molar-refractivity contribution in [1.82, 2.24) is 0 Å². The van der Waals surface area contributed by atoms with Crippen LogP contribution in [0.25, 0.3) is 0 Å². The zero-order valence-electron chi connectivity index (χ0n) is 3.43. The van der Waals surface area contributed by atoms with Gasteiger partial charge in [-0.1, -0.05) is 0 Å². The molecule has 0 saturated heterocycles. The van der Waals surface area contributed by atoms with Gasteiger partial charge >= 0.3 is 43.4 Å². The topological polar surface area (TPSA) is 24.7 Å². The van der Waals surface area contributed by atoms with E-state index >= 15 is 0 Å². The number of rotatable bonds is 0. The molecule has 1 aliphatic rings. The first kappa shape index (κ1) is 4.23. The number of nitrogens with zero attached hydrogens (tertiary/aromatic N) is 2. The zero-order valence-corrected chi connectivity index (χ0v) is 5.58. The van der Waals surface area contributed by atoms with Crippen molar-refractivity contribution >= 4 is 28.3 Å². The zero-order chi connectivity index (χ0) is 4.41. The molecule has 0 radical (unpaired) electrons. The average molecular weight is 196 g/mol. The quantitative estimate of drug-likeness (QED) is 0.409. The first-order valence-corrected chi connectivity index (χ1v) is 6.18. The minimum atomic E-state index is -0.773. The Hall–Kier alpha value is 0.0700. The summed E-state index contributed by atoms with van der Waals surface area (Å²) in [6.07, 6.45) is 0. The van der Waals surface area contributed by atoms with Crippen LogP contribution in [0.1, 0.15) is 0 Å². The van der Waals surface area contributed by atoms with Gasteiger partial charge < -0.3 is 0 Å². The van der Waals surface area contributed by atoms with Crippen LogP contribution in [0, 0.1) is 0 Å². The Labute approximate surface area is 43.7 Å². The maximum atomic E-state index is 3.68. The molecule has 2 nitrogen and oxygen atoms in total. The van der Waals surface area contributed by atoms with Crippen LogP contribution in [0.5, 0.6) is 0 Å². The fraction of sp³-hybridized carbons (Fsp3) is 0.333. The summed E-state index contributed by atoms with van der Waals surface area (Å²) in [6, 6.07) is 0. The number of hydrogen-bond acceptors (Lipinski definition) is 2. The summed E-state index contributed by atoms with van der Waals surface area (Å²) in [4.78, 5) is 2.20. The van der Waals surface area contributed by atoms with Crippen LogP contribution in [-0.4, -0.2) is 13.4 Å². The van der Waals surface area contributed by atoms with Crippen LogP contribution >= 0.6 is 19.8 Å². The summed E-state index contributed by atoms with van der Waals surface area (Å²) in [5.41, 5.74) is 0. The van der Waals surface area contributed by atoms with E-state index in [9.17, 15) is 0 Å². The fourth-order valence-electron chi connectivity index (χ4n) is 0.213. The summed E-state index contributed by atoms with van der Waals surface area (Å²) in [7, 11) is 0. The third kappa shape index (κ3) is 0.767. The summed E-state index contributed by atoms with van der Waals surface area (Å²) in [6.45, 7) is 0. The molecule has 0 unspecified atom stereocenters. The van der Waals surface area contributed by atoms with Crippen molar-refractivity contribution in [2.75, 3.05) is 4.93 Å². The summed E-state index contributed by atoms with van der Waals surface area (Å²) in [5.74, 6) is 0. The van der Waals surface area contributed by atoms with Crippen LogP contribution < -0.4 is 0 Å². The van der Waals surface area contributed by atoms with E-state index < -0.39 is 19.8 Å². The summed E-state index contributed by atoms with van der Waals surface area (Å²) in [5, 5.41) is 7.36. The van der Waals surface area contributed by atoms with Crippen LogP contribution in [0.2, 0.25) is 0 Å². The molecule has 0 bridgehead atoms. The van der Waals surface area contributed by atoms with Crippen LogP contribution in [0.4, 0.5) is 0 Å². The van der Waals surface area contributed by atoms with Crippen molar-refractivity contribution < 1.29 is 0 Å². The Morgan fingerprint density at radius 3 is 2.00 bits per heavy atom. The maximum absolute atomic E-state index is 3.68. The summed E-state index contributed by atoms with van der Waals surface area (Å²) < 4.78 is 3.92. The van der Waals surface area contributed by atoms with Gasteiger partial charge in [-0.2, -0.15) is 0 Å². The van der Waals surface area contributed by atoms with E-state index in [2.05, 4.69) is 15.1 Å². The average Bonchev–Trinajstić information content (AvgIpc) is 1.86. The second-order valence-corrected chi connectivity index (χ2v) is 5.31. The third-order valence-corrected chi connectivity index (χ3v) is 2.72. The molecule has 0 saturated carbocycles. The molecule has 0 aromatic carbocycles. The van der Waals surface area contributed by atoms with E-state index in [1.54, 1.807) is 0 Å². The number of hydrogen-bond donors (Lipinski definition) is 0. The number of alkyl halides is 1. The Kier molecular flexibility index (Phi) is 1.19. The van der Waals surface area contributed by atoms with Gasteiger partial charge in [-0.05, 0) is 0 Å². The van der Waals surface area contributed by atoms with E-state index in [1.807, 2.05) is 8.44 Å². The van der Waals surface area contributed by atoms with Crippen LogP contribution in [0.15, 0.2) is 10.2 Å². The van der Waals surface area contributed by atoms with Gasteiger partial charge in [-0.25, -0.2) is 0 Å². The van der Waals surface area contributed by atoms with Crippen LogP contribution in [0.3, 0.4) is 0 Å². The Bertz CT molecular complexity index is 85.0. The van der Waals surface area contributed by atoms with Crippen molar-refractivity contribution in [2.45, 2.75) is 0 Å². The molecule has 0 aromatic heterocycles. The monoisotopic (exact) mass is 196 g/mol. The third-order valence-electron chi connectivity index (χ3n) is 0.462. The van der Waals surface area contributed by atoms with Gasteiger partial charge in [0.15, 0.2) is 0 Å². The molecule has 0 aromatic rings. The van der Waals surface area contributed by atoms with Crippen LogP contribution in [-0.2, 0) is 0 Å². The van der Waals surface area contributed by atoms with Gasteiger partial charge in [0, 0.05) is 0 Å². The van der Waals surface area contributed by atoms with Gasteiger partial charge in [0.1, 0.15) is 0 Å². The molecule has 0 N–H and O–H groups in total. The molecule has 34 valence electrons. The molecule has 3 heteroatoms. The van der Waals surface area contributed by atoms with Gasteiger partial charge in [-0.15, -0.1) is 0 Å². The van der Waals surface area contributed by atoms with E-state index in [0.717, 1.165) is 0 Å². The fourth-order valence-corrected chi connectivity index (χ4v) is 1.43. The van der Waals surface area contributed by atoms with Gasteiger partial charge in [-0.3, -0.25) is 0 Å². The second-order valence-electron chi connectivity index (χ2n) is 0.989. The van der Waals surface area contributed by atoms with E-state index in [4.69, 9.17) is 0 Å². The first-order chi connectivity index (χ1) is 2.89. The molecule has 1 aliphatic heterocycles. The van der Waals surface area contributed by atoms with Crippen molar-refractivity contribution in [2.24, 2.45) is 10.2 Å². The SMILES string of the molecule is CI1C=NN=C1. The van der Waals surface area contributed by atoms with E-state index in [-0.39, 0.29) is 0 Å². The molecular formula is C3H5IN2. The van der Waals surface area contributed by atoms with Crippen molar-refractivity contribution in [3.05, 3.63) is 0 Å².